The van der Waals surface area contributed by atoms with Gasteiger partial charge in [-0.05, 0) is 31.5 Å². The number of halogens is 1. The molecule has 2 heterocycles. The molecule has 3 N–H and O–H groups in total. The number of aromatic nitrogens is 1. The van der Waals surface area contributed by atoms with E-state index in [1.807, 2.05) is 0 Å². The molecule has 1 aliphatic heterocycles. The summed E-state index contributed by atoms with van der Waals surface area (Å²) in [5.74, 6) is 0.0835. The van der Waals surface area contributed by atoms with Crippen LogP contribution in [-0.2, 0) is 4.79 Å². The van der Waals surface area contributed by atoms with E-state index >= 15 is 0 Å². The summed E-state index contributed by atoms with van der Waals surface area (Å²) in [6.45, 7) is 0.867. The standard InChI is InChI=1S/C11H15N3O2.ClH/c15-9-5-3-7-13-10(9)14-11(16)8-4-1-2-6-12-8;/h3,5,7-8,12,15H,1-2,4,6H2,(H,13,14,16);1H/t8-;/m1./s1. The van der Waals surface area contributed by atoms with Crippen molar-refractivity contribution in [2.45, 2.75) is 25.3 Å². The van der Waals surface area contributed by atoms with Crippen LogP contribution in [0, 0.1) is 0 Å². The molecule has 0 aliphatic carbocycles. The van der Waals surface area contributed by atoms with E-state index < -0.39 is 0 Å². The summed E-state index contributed by atoms with van der Waals surface area (Å²) < 4.78 is 0. The zero-order chi connectivity index (χ0) is 11.4. The molecular formula is C11H16ClN3O2. The van der Waals surface area contributed by atoms with Gasteiger partial charge in [-0.3, -0.25) is 4.79 Å². The zero-order valence-corrected chi connectivity index (χ0v) is 10.2. The van der Waals surface area contributed by atoms with Gasteiger partial charge in [-0.1, -0.05) is 6.42 Å². The van der Waals surface area contributed by atoms with E-state index in [4.69, 9.17) is 0 Å². The van der Waals surface area contributed by atoms with Crippen molar-refractivity contribution in [2.24, 2.45) is 0 Å². The quantitative estimate of drug-likeness (QED) is 0.746. The topological polar surface area (TPSA) is 74.2 Å². The number of pyridine rings is 1. The Morgan fingerprint density at radius 3 is 3.00 bits per heavy atom. The number of hydrogen-bond acceptors (Lipinski definition) is 4. The predicted molar refractivity (Wildman–Crippen MR) is 67.4 cm³/mol. The molecule has 0 spiro atoms. The van der Waals surface area contributed by atoms with Crippen LogP contribution in [0.1, 0.15) is 19.3 Å². The van der Waals surface area contributed by atoms with Gasteiger partial charge in [-0.25, -0.2) is 4.98 Å². The molecular weight excluding hydrogens is 242 g/mol. The van der Waals surface area contributed by atoms with Crippen molar-refractivity contribution in [1.82, 2.24) is 10.3 Å². The Morgan fingerprint density at radius 2 is 2.35 bits per heavy atom. The average Bonchev–Trinajstić information content (AvgIpc) is 2.33. The van der Waals surface area contributed by atoms with Crippen LogP contribution in [0.25, 0.3) is 0 Å². The van der Waals surface area contributed by atoms with Crippen LogP contribution in [0.15, 0.2) is 18.3 Å². The van der Waals surface area contributed by atoms with E-state index in [1.165, 1.54) is 12.3 Å². The van der Waals surface area contributed by atoms with Gasteiger partial charge in [0.25, 0.3) is 0 Å². The SMILES string of the molecule is Cl.O=C(Nc1ncccc1O)[C@H]1CCCCN1. The summed E-state index contributed by atoms with van der Waals surface area (Å²) in [4.78, 5) is 15.7. The zero-order valence-electron chi connectivity index (χ0n) is 9.35. The van der Waals surface area contributed by atoms with Crippen molar-refractivity contribution in [3.63, 3.8) is 0 Å². The fraction of sp³-hybridized carbons (Fsp3) is 0.455. The average molecular weight is 258 g/mol. The molecule has 1 saturated heterocycles. The van der Waals surface area contributed by atoms with E-state index in [-0.39, 0.29) is 35.9 Å². The van der Waals surface area contributed by atoms with Gasteiger partial charge in [0.2, 0.25) is 5.91 Å². The fourth-order valence-corrected chi connectivity index (χ4v) is 1.77. The minimum atomic E-state index is -0.171. The Kier molecular flexibility index (Phi) is 5.18. The number of hydrogen-bond donors (Lipinski definition) is 3. The molecule has 0 bridgehead atoms. The first-order valence-corrected chi connectivity index (χ1v) is 5.45. The number of nitrogens with one attached hydrogen (secondary N) is 2. The first kappa shape index (κ1) is 13.7. The van der Waals surface area contributed by atoms with Gasteiger partial charge in [-0.15, -0.1) is 12.4 Å². The van der Waals surface area contributed by atoms with E-state index in [0.717, 1.165) is 25.8 Å². The minimum absolute atomic E-state index is 0. The molecule has 6 heteroatoms. The van der Waals surface area contributed by atoms with Crippen molar-refractivity contribution >= 4 is 24.1 Å². The number of piperidine rings is 1. The third-order valence-corrected chi connectivity index (χ3v) is 2.65. The molecule has 17 heavy (non-hydrogen) atoms. The van der Waals surface area contributed by atoms with Crippen LogP contribution in [-0.4, -0.2) is 28.6 Å². The fourth-order valence-electron chi connectivity index (χ4n) is 1.77. The Labute approximate surface area is 106 Å². The van der Waals surface area contributed by atoms with E-state index in [1.54, 1.807) is 6.07 Å². The number of amides is 1. The third-order valence-electron chi connectivity index (χ3n) is 2.65. The number of carbonyl (C=O) groups is 1. The van der Waals surface area contributed by atoms with Crippen LogP contribution >= 0.6 is 12.4 Å². The van der Waals surface area contributed by atoms with Crippen molar-refractivity contribution in [3.05, 3.63) is 18.3 Å². The molecule has 1 atom stereocenters. The lowest BCUT2D eigenvalue weighted by atomic mass is 10.0. The van der Waals surface area contributed by atoms with Gasteiger partial charge < -0.3 is 15.7 Å². The van der Waals surface area contributed by atoms with Gasteiger partial charge in [0.15, 0.2) is 11.6 Å². The summed E-state index contributed by atoms with van der Waals surface area (Å²) in [7, 11) is 0. The van der Waals surface area contributed by atoms with Crippen molar-refractivity contribution in [1.29, 1.82) is 0 Å². The van der Waals surface area contributed by atoms with Crippen molar-refractivity contribution in [2.75, 3.05) is 11.9 Å². The summed E-state index contributed by atoms with van der Waals surface area (Å²) in [6.07, 6.45) is 4.53. The molecule has 0 saturated carbocycles. The van der Waals surface area contributed by atoms with Crippen LogP contribution in [0.2, 0.25) is 0 Å². The highest BCUT2D eigenvalue weighted by atomic mass is 35.5. The van der Waals surface area contributed by atoms with E-state index in [9.17, 15) is 9.90 Å². The van der Waals surface area contributed by atoms with Crippen molar-refractivity contribution < 1.29 is 9.90 Å². The van der Waals surface area contributed by atoms with Crippen LogP contribution in [0.4, 0.5) is 5.82 Å². The molecule has 0 aromatic carbocycles. The third kappa shape index (κ3) is 3.57. The van der Waals surface area contributed by atoms with Crippen LogP contribution < -0.4 is 10.6 Å². The number of nitrogens with zero attached hydrogens (tertiary/aromatic N) is 1. The summed E-state index contributed by atoms with van der Waals surface area (Å²) in [5.41, 5.74) is 0. The Balaban J connectivity index is 0.00000144. The maximum absolute atomic E-state index is 11.8. The summed E-state index contributed by atoms with van der Waals surface area (Å²) in [5, 5.41) is 15.2. The van der Waals surface area contributed by atoms with Crippen LogP contribution in [0.3, 0.4) is 0 Å². The predicted octanol–water partition coefficient (Wildman–Crippen LogP) is 1.29. The molecule has 0 radical (unpaired) electrons. The molecule has 1 aromatic heterocycles. The molecule has 1 aromatic rings. The van der Waals surface area contributed by atoms with Gasteiger partial charge >= 0.3 is 0 Å². The summed E-state index contributed by atoms with van der Waals surface area (Å²) >= 11 is 0. The lowest BCUT2D eigenvalue weighted by Gasteiger charge is -2.22. The number of carbonyl (C=O) groups excluding carboxylic acids is 1. The second-order valence-corrected chi connectivity index (χ2v) is 3.86. The molecule has 1 aliphatic rings. The van der Waals surface area contributed by atoms with Gasteiger partial charge in [0, 0.05) is 6.20 Å². The monoisotopic (exact) mass is 257 g/mol. The second kappa shape index (κ2) is 6.42. The highest BCUT2D eigenvalue weighted by molar-refractivity contribution is 5.95. The molecule has 5 nitrogen and oxygen atoms in total. The Bertz CT molecular complexity index is 381. The minimum Gasteiger partial charge on any atom is -0.504 e. The lowest BCUT2D eigenvalue weighted by molar-refractivity contribution is -0.118. The highest BCUT2D eigenvalue weighted by Crippen LogP contribution is 2.19. The van der Waals surface area contributed by atoms with Gasteiger partial charge in [0.05, 0.1) is 6.04 Å². The summed E-state index contributed by atoms with van der Waals surface area (Å²) in [6, 6.07) is 2.94. The number of anilines is 1. The molecule has 94 valence electrons. The molecule has 0 unspecified atom stereocenters. The van der Waals surface area contributed by atoms with E-state index in [2.05, 4.69) is 15.6 Å². The molecule has 1 fully saturated rings. The highest BCUT2D eigenvalue weighted by Gasteiger charge is 2.21. The molecule has 2 rings (SSSR count). The van der Waals surface area contributed by atoms with Crippen LogP contribution in [0.5, 0.6) is 5.75 Å². The normalized spacial score (nSPS) is 19.2. The number of aromatic hydroxyl groups is 1. The Morgan fingerprint density at radius 1 is 1.53 bits per heavy atom. The first-order chi connectivity index (χ1) is 7.77. The van der Waals surface area contributed by atoms with Crippen molar-refractivity contribution in [3.8, 4) is 5.75 Å². The van der Waals surface area contributed by atoms with Gasteiger partial charge in [0.1, 0.15) is 0 Å². The maximum atomic E-state index is 11.8. The molecule has 1 amide bonds. The lowest BCUT2D eigenvalue weighted by Crippen LogP contribution is -2.43. The smallest absolute Gasteiger partial charge is 0.242 e. The number of rotatable bonds is 2. The Hall–Kier alpha value is -1.33. The maximum Gasteiger partial charge on any atom is 0.242 e. The van der Waals surface area contributed by atoms with Gasteiger partial charge in [-0.2, -0.15) is 0 Å². The largest absolute Gasteiger partial charge is 0.504 e. The second-order valence-electron chi connectivity index (χ2n) is 3.86. The van der Waals surface area contributed by atoms with E-state index in [0.29, 0.717) is 0 Å². The first-order valence-electron chi connectivity index (χ1n) is 5.45.